The van der Waals surface area contributed by atoms with Crippen LogP contribution in [0.5, 0.6) is 0 Å². The molecule has 1 saturated carbocycles. The van der Waals surface area contributed by atoms with E-state index in [0.29, 0.717) is 18.6 Å². The van der Waals surface area contributed by atoms with Crippen LogP contribution in [0.4, 0.5) is 0 Å². The van der Waals surface area contributed by atoms with E-state index in [0.717, 1.165) is 19.4 Å². The predicted molar refractivity (Wildman–Crippen MR) is 50.5 cm³/mol. The second-order valence-electron chi connectivity index (χ2n) is 4.37. The van der Waals surface area contributed by atoms with Crippen LogP contribution in [-0.2, 0) is 9.47 Å². The first-order valence-corrected chi connectivity index (χ1v) is 5.15. The van der Waals surface area contributed by atoms with E-state index in [1.165, 1.54) is 12.8 Å². The molecule has 0 aromatic carbocycles. The molecule has 2 unspecified atom stereocenters. The Labute approximate surface area is 79.6 Å². The molecule has 2 fully saturated rings. The van der Waals surface area contributed by atoms with E-state index in [9.17, 15) is 0 Å². The lowest BCUT2D eigenvalue weighted by Crippen LogP contribution is -2.49. The minimum Gasteiger partial charge on any atom is -0.382 e. The van der Waals surface area contributed by atoms with Crippen LogP contribution in [0.2, 0.25) is 0 Å². The summed E-state index contributed by atoms with van der Waals surface area (Å²) < 4.78 is 11.1. The first-order chi connectivity index (χ1) is 6.27. The molecule has 76 valence electrons. The highest BCUT2D eigenvalue weighted by Crippen LogP contribution is 2.46. The van der Waals surface area contributed by atoms with Crippen molar-refractivity contribution >= 4 is 0 Å². The number of nitrogens with two attached hydrogens (primary N) is 1. The summed E-state index contributed by atoms with van der Waals surface area (Å²) in [6.45, 7) is 1.52. The Hall–Kier alpha value is -0.120. The van der Waals surface area contributed by atoms with Crippen LogP contribution in [-0.4, -0.2) is 32.0 Å². The van der Waals surface area contributed by atoms with Gasteiger partial charge in [-0.1, -0.05) is 0 Å². The molecule has 1 aliphatic carbocycles. The Morgan fingerprint density at radius 1 is 1.46 bits per heavy atom. The molecule has 1 aliphatic heterocycles. The Morgan fingerprint density at radius 3 is 2.77 bits per heavy atom. The summed E-state index contributed by atoms with van der Waals surface area (Å²) in [6.07, 6.45) is 4.55. The number of methoxy groups -OCH3 is 1. The first-order valence-electron chi connectivity index (χ1n) is 5.15. The Balaban J connectivity index is 2.02. The number of hydrogen-bond donors (Lipinski definition) is 1. The van der Waals surface area contributed by atoms with Crippen molar-refractivity contribution in [2.45, 2.75) is 37.3 Å². The normalized spacial score (nSPS) is 40.6. The lowest BCUT2D eigenvalue weighted by molar-refractivity contribution is -0.133. The fourth-order valence-electron chi connectivity index (χ4n) is 2.38. The van der Waals surface area contributed by atoms with Gasteiger partial charge >= 0.3 is 0 Å². The van der Waals surface area contributed by atoms with Gasteiger partial charge in [0.25, 0.3) is 0 Å². The van der Waals surface area contributed by atoms with Crippen molar-refractivity contribution in [3.63, 3.8) is 0 Å². The maximum Gasteiger partial charge on any atom is 0.0957 e. The lowest BCUT2D eigenvalue weighted by atomic mass is 9.87. The maximum absolute atomic E-state index is 5.97. The van der Waals surface area contributed by atoms with E-state index >= 15 is 0 Å². The molecular weight excluding hydrogens is 166 g/mol. The third-order valence-corrected chi connectivity index (χ3v) is 3.20. The second kappa shape index (κ2) is 3.56. The molecule has 0 aromatic rings. The molecule has 0 bridgehead atoms. The van der Waals surface area contributed by atoms with Crippen LogP contribution in [0, 0.1) is 5.92 Å². The molecule has 0 spiro atoms. The van der Waals surface area contributed by atoms with E-state index in [1.807, 2.05) is 0 Å². The summed E-state index contributed by atoms with van der Waals surface area (Å²) in [5.41, 5.74) is 5.94. The molecule has 1 saturated heterocycles. The molecule has 2 rings (SSSR count). The third-order valence-electron chi connectivity index (χ3n) is 3.20. The smallest absolute Gasteiger partial charge is 0.0957 e. The second-order valence-corrected chi connectivity index (χ2v) is 4.37. The number of ether oxygens (including phenoxy) is 2. The molecule has 2 atom stereocenters. The van der Waals surface area contributed by atoms with Crippen LogP contribution in [0.3, 0.4) is 0 Å². The van der Waals surface area contributed by atoms with Crippen molar-refractivity contribution < 1.29 is 9.47 Å². The Bertz CT molecular complexity index is 178. The van der Waals surface area contributed by atoms with Gasteiger partial charge in [0.2, 0.25) is 0 Å². The van der Waals surface area contributed by atoms with Crippen molar-refractivity contribution in [1.82, 2.24) is 0 Å². The predicted octanol–water partition coefficient (Wildman–Crippen LogP) is 0.919. The fourth-order valence-corrected chi connectivity index (χ4v) is 2.38. The summed E-state index contributed by atoms with van der Waals surface area (Å²) >= 11 is 0. The van der Waals surface area contributed by atoms with Gasteiger partial charge in [-0.25, -0.2) is 0 Å². The van der Waals surface area contributed by atoms with Gasteiger partial charge in [-0.15, -0.1) is 0 Å². The molecule has 1 heterocycles. The molecule has 13 heavy (non-hydrogen) atoms. The van der Waals surface area contributed by atoms with Crippen molar-refractivity contribution in [2.24, 2.45) is 11.7 Å². The van der Waals surface area contributed by atoms with Crippen LogP contribution in [0.1, 0.15) is 25.7 Å². The number of rotatable bonds is 3. The van der Waals surface area contributed by atoms with E-state index in [1.54, 1.807) is 7.11 Å². The highest BCUT2D eigenvalue weighted by atomic mass is 16.5. The highest BCUT2D eigenvalue weighted by Gasteiger charge is 2.48. The van der Waals surface area contributed by atoms with Gasteiger partial charge in [-0.2, -0.15) is 0 Å². The molecule has 0 amide bonds. The van der Waals surface area contributed by atoms with Crippen molar-refractivity contribution in [2.75, 3.05) is 20.3 Å². The zero-order valence-corrected chi connectivity index (χ0v) is 8.29. The summed E-state index contributed by atoms with van der Waals surface area (Å²) in [5, 5.41) is 0. The lowest BCUT2D eigenvalue weighted by Gasteiger charge is -2.39. The average Bonchev–Trinajstić information content (AvgIpc) is 2.86. The van der Waals surface area contributed by atoms with Gasteiger partial charge in [0, 0.05) is 19.8 Å². The van der Waals surface area contributed by atoms with Crippen molar-refractivity contribution in [3.8, 4) is 0 Å². The van der Waals surface area contributed by atoms with Gasteiger partial charge in [-0.05, 0) is 31.6 Å². The maximum atomic E-state index is 5.97. The van der Waals surface area contributed by atoms with Gasteiger partial charge in [-0.3, -0.25) is 0 Å². The third kappa shape index (κ3) is 1.87. The van der Waals surface area contributed by atoms with E-state index in [2.05, 4.69) is 0 Å². The topological polar surface area (TPSA) is 44.5 Å². The van der Waals surface area contributed by atoms with E-state index in [-0.39, 0.29) is 5.60 Å². The molecule has 3 heteroatoms. The summed E-state index contributed by atoms with van der Waals surface area (Å²) in [4.78, 5) is 0. The molecular formula is C10H19NO2. The van der Waals surface area contributed by atoms with E-state index in [4.69, 9.17) is 15.2 Å². The number of hydrogen-bond acceptors (Lipinski definition) is 3. The van der Waals surface area contributed by atoms with Gasteiger partial charge < -0.3 is 15.2 Å². The zero-order valence-electron chi connectivity index (χ0n) is 8.29. The van der Waals surface area contributed by atoms with Crippen LogP contribution >= 0.6 is 0 Å². The van der Waals surface area contributed by atoms with Gasteiger partial charge in [0.15, 0.2) is 0 Å². The summed E-state index contributed by atoms with van der Waals surface area (Å²) in [6, 6.07) is 0.310. The SMILES string of the molecule is COCC1(C2CC2)CC(N)CCO1. The van der Waals surface area contributed by atoms with E-state index < -0.39 is 0 Å². The molecule has 3 nitrogen and oxygen atoms in total. The van der Waals surface area contributed by atoms with Gasteiger partial charge in [0.1, 0.15) is 0 Å². The fraction of sp³-hybridized carbons (Fsp3) is 1.00. The molecule has 0 aromatic heterocycles. The van der Waals surface area contributed by atoms with Crippen molar-refractivity contribution in [1.29, 1.82) is 0 Å². The molecule has 2 aliphatic rings. The molecule has 0 radical (unpaired) electrons. The minimum absolute atomic E-state index is 0.0353. The Kier molecular flexibility index (Phi) is 2.58. The quantitative estimate of drug-likeness (QED) is 0.711. The first kappa shape index (κ1) is 9.44. The molecule has 2 N–H and O–H groups in total. The standard InChI is InChI=1S/C10H19NO2/c1-12-7-10(8-2-3-8)6-9(11)4-5-13-10/h8-9H,2-7,11H2,1H3. The Morgan fingerprint density at radius 2 is 2.23 bits per heavy atom. The highest BCUT2D eigenvalue weighted by molar-refractivity contribution is 5.00. The monoisotopic (exact) mass is 185 g/mol. The zero-order chi connectivity index (χ0) is 9.31. The van der Waals surface area contributed by atoms with Crippen molar-refractivity contribution in [3.05, 3.63) is 0 Å². The summed E-state index contributed by atoms with van der Waals surface area (Å²) in [7, 11) is 1.74. The van der Waals surface area contributed by atoms with Crippen LogP contribution in [0.25, 0.3) is 0 Å². The minimum atomic E-state index is -0.0353. The van der Waals surface area contributed by atoms with Crippen LogP contribution in [0.15, 0.2) is 0 Å². The summed E-state index contributed by atoms with van der Waals surface area (Å²) in [5.74, 6) is 0.707. The average molecular weight is 185 g/mol. The van der Waals surface area contributed by atoms with Crippen LogP contribution < -0.4 is 5.73 Å². The largest absolute Gasteiger partial charge is 0.382 e. The van der Waals surface area contributed by atoms with Gasteiger partial charge in [0.05, 0.1) is 12.2 Å².